The van der Waals surface area contributed by atoms with Crippen molar-refractivity contribution in [2.45, 2.75) is 25.2 Å². The van der Waals surface area contributed by atoms with Gasteiger partial charge in [-0.2, -0.15) is 5.10 Å². The summed E-state index contributed by atoms with van der Waals surface area (Å²) in [6.45, 7) is 7.43. The summed E-state index contributed by atoms with van der Waals surface area (Å²) >= 11 is 0. The molecule has 1 N–H and O–H groups in total. The molecule has 0 bridgehead atoms. The number of nitrogens with zero attached hydrogens (tertiary/aromatic N) is 2. The molecule has 1 aliphatic rings. The third-order valence-electron chi connectivity index (χ3n) is 4.17. The maximum absolute atomic E-state index is 4.47. The molecule has 1 aromatic heterocycles. The standard InChI is InChI=1S/C17H22N3/c1-2-10-20-11-8-15(9-12-20)17-13-16(18-19-17)14-6-4-3-5-7-14/h3-7,13,15H,1-2,8-12H2,(H,18,19). The number of aromatic amines is 1. The first kappa shape index (κ1) is 13.4. The van der Waals surface area contributed by atoms with Crippen LogP contribution in [0.1, 0.15) is 30.9 Å². The van der Waals surface area contributed by atoms with Crippen molar-refractivity contribution in [1.82, 2.24) is 15.1 Å². The Morgan fingerprint density at radius 1 is 1.20 bits per heavy atom. The van der Waals surface area contributed by atoms with Crippen LogP contribution in [0.2, 0.25) is 0 Å². The van der Waals surface area contributed by atoms with E-state index in [9.17, 15) is 0 Å². The highest BCUT2D eigenvalue weighted by Gasteiger charge is 2.21. The van der Waals surface area contributed by atoms with Gasteiger partial charge >= 0.3 is 0 Å². The van der Waals surface area contributed by atoms with Gasteiger partial charge < -0.3 is 4.90 Å². The summed E-state index contributed by atoms with van der Waals surface area (Å²) < 4.78 is 0. The van der Waals surface area contributed by atoms with E-state index in [1.165, 1.54) is 37.2 Å². The van der Waals surface area contributed by atoms with Crippen molar-refractivity contribution < 1.29 is 0 Å². The largest absolute Gasteiger partial charge is 0.303 e. The predicted molar refractivity (Wildman–Crippen MR) is 82.4 cm³/mol. The highest BCUT2D eigenvalue weighted by Crippen LogP contribution is 2.29. The predicted octanol–water partition coefficient (Wildman–Crippen LogP) is 3.48. The van der Waals surface area contributed by atoms with Crippen LogP contribution < -0.4 is 0 Å². The summed E-state index contributed by atoms with van der Waals surface area (Å²) in [7, 11) is 0. The molecular formula is C17H22N3. The highest BCUT2D eigenvalue weighted by molar-refractivity contribution is 5.59. The van der Waals surface area contributed by atoms with E-state index in [2.05, 4.69) is 52.4 Å². The average Bonchev–Trinajstić information content (AvgIpc) is 2.99. The lowest BCUT2D eigenvalue weighted by Crippen LogP contribution is -2.33. The second-order valence-electron chi connectivity index (χ2n) is 5.54. The van der Waals surface area contributed by atoms with Gasteiger partial charge in [-0.15, -0.1) is 0 Å². The number of hydrogen-bond acceptors (Lipinski definition) is 2. The zero-order valence-corrected chi connectivity index (χ0v) is 11.9. The first-order valence-corrected chi connectivity index (χ1v) is 7.49. The summed E-state index contributed by atoms with van der Waals surface area (Å²) in [6.07, 6.45) is 3.44. The summed E-state index contributed by atoms with van der Waals surface area (Å²) in [5.41, 5.74) is 3.53. The number of hydrogen-bond donors (Lipinski definition) is 1. The Balaban J connectivity index is 1.66. The van der Waals surface area contributed by atoms with Gasteiger partial charge in [-0.05, 0) is 45.0 Å². The van der Waals surface area contributed by atoms with E-state index in [1.807, 2.05) is 6.07 Å². The first-order valence-electron chi connectivity index (χ1n) is 7.49. The van der Waals surface area contributed by atoms with Crippen LogP contribution in [-0.2, 0) is 0 Å². The quantitative estimate of drug-likeness (QED) is 0.920. The molecule has 0 amide bonds. The number of likely N-dealkylation sites (tertiary alicyclic amines) is 1. The van der Waals surface area contributed by atoms with Gasteiger partial charge in [0.15, 0.2) is 0 Å². The van der Waals surface area contributed by atoms with Crippen LogP contribution in [0.4, 0.5) is 0 Å². The molecule has 1 aromatic carbocycles. The Bertz CT molecular complexity index is 524. The van der Waals surface area contributed by atoms with Crippen molar-refractivity contribution in [2.24, 2.45) is 0 Å². The van der Waals surface area contributed by atoms with Gasteiger partial charge in [0.25, 0.3) is 0 Å². The molecule has 0 atom stereocenters. The van der Waals surface area contributed by atoms with Gasteiger partial charge in [0.05, 0.1) is 5.69 Å². The average molecular weight is 268 g/mol. The Hall–Kier alpha value is -1.61. The van der Waals surface area contributed by atoms with Crippen LogP contribution in [0, 0.1) is 6.92 Å². The van der Waals surface area contributed by atoms with Gasteiger partial charge in [0.1, 0.15) is 0 Å². The zero-order chi connectivity index (χ0) is 13.8. The van der Waals surface area contributed by atoms with Crippen molar-refractivity contribution >= 4 is 0 Å². The molecule has 1 fully saturated rings. The molecule has 0 unspecified atom stereocenters. The monoisotopic (exact) mass is 268 g/mol. The van der Waals surface area contributed by atoms with Gasteiger partial charge in [-0.3, -0.25) is 5.10 Å². The minimum Gasteiger partial charge on any atom is -0.303 e. The van der Waals surface area contributed by atoms with Gasteiger partial charge in [-0.25, -0.2) is 0 Å². The van der Waals surface area contributed by atoms with Gasteiger partial charge in [-0.1, -0.05) is 37.3 Å². The van der Waals surface area contributed by atoms with E-state index in [4.69, 9.17) is 0 Å². The molecule has 3 nitrogen and oxygen atoms in total. The van der Waals surface area contributed by atoms with Crippen molar-refractivity contribution in [3.05, 3.63) is 49.0 Å². The third-order valence-corrected chi connectivity index (χ3v) is 4.17. The molecular weight excluding hydrogens is 246 g/mol. The number of aromatic nitrogens is 2. The minimum atomic E-state index is 0.626. The highest BCUT2D eigenvalue weighted by atomic mass is 15.1. The molecule has 0 aliphatic carbocycles. The molecule has 20 heavy (non-hydrogen) atoms. The fraction of sp³-hybridized carbons (Fsp3) is 0.412. The van der Waals surface area contributed by atoms with Crippen LogP contribution in [-0.4, -0.2) is 34.7 Å². The number of H-pyrrole nitrogens is 1. The lowest BCUT2D eigenvalue weighted by molar-refractivity contribution is 0.214. The van der Waals surface area contributed by atoms with Gasteiger partial charge in [0.2, 0.25) is 0 Å². The van der Waals surface area contributed by atoms with Crippen LogP contribution in [0.25, 0.3) is 11.3 Å². The van der Waals surface area contributed by atoms with Crippen LogP contribution >= 0.6 is 0 Å². The van der Waals surface area contributed by atoms with Crippen molar-refractivity contribution in [1.29, 1.82) is 0 Å². The SMILES string of the molecule is [CH2]CCN1CCC(c2cc(-c3ccccc3)n[nH]2)CC1. The van der Waals surface area contributed by atoms with Crippen molar-refractivity contribution in [2.75, 3.05) is 19.6 Å². The number of benzene rings is 1. The van der Waals surface area contributed by atoms with Crippen molar-refractivity contribution in [3.63, 3.8) is 0 Å². The Morgan fingerprint density at radius 2 is 1.95 bits per heavy atom. The number of nitrogens with one attached hydrogen (secondary N) is 1. The Labute approximate surface area is 121 Å². The summed E-state index contributed by atoms with van der Waals surface area (Å²) in [5, 5.41) is 7.71. The van der Waals surface area contributed by atoms with Crippen LogP contribution in [0.3, 0.4) is 0 Å². The second-order valence-corrected chi connectivity index (χ2v) is 5.54. The molecule has 3 rings (SSSR count). The Morgan fingerprint density at radius 3 is 2.65 bits per heavy atom. The maximum Gasteiger partial charge on any atom is 0.0923 e. The van der Waals surface area contributed by atoms with Crippen LogP contribution in [0.15, 0.2) is 36.4 Å². The molecule has 0 spiro atoms. The molecule has 105 valence electrons. The normalized spacial score (nSPS) is 17.4. The van der Waals surface area contributed by atoms with Crippen molar-refractivity contribution in [3.8, 4) is 11.3 Å². The minimum absolute atomic E-state index is 0.626. The third kappa shape index (κ3) is 2.93. The first-order chi connectivity index (χ1) is 9.86. The van der Waals surface area contributed by atoms with E-state index >= 15 is 0 Å². The lowest BCUT2D eigenvalue weighted by atomic mass is 9.93. The van der Waals surface area contributed by atoms with Gasteiger partial charge in [0, 0.05) is 17.2 Å². The Kier molecular flexibility index (Phi) is 4.16. The molecule has 3 heteroatoms. The van der Waals surface area contributed by atoms with E-state index in [0.29, 0.717) is 5.92 Å². The zero-order valence-electron chi connectivity index (χ0n) is 11.9. The maximum atomic E-state index is 4.47. The smallest absolute Gasteiger partial charge is 0.0923 e. The molecule has 1 saturated heterocycles. The topological polar surface area (TPSA) is 31.9 Å². The summed E-state index contributed by atoms with van der Waals surface area (Å²) in [5.74, 6) is 0.626. The number of piperidine rings is 1. The summed E-state index contributed by atoms with van der Waals surface area (Å²) in [6, 6.07) is 12.6. The fourth-order valence-corrected chi connectivity index (χ4v) is 2.99. The van der Waals surface area contributed by atoms with E-state index < -0.39 is 0 Å². The van der Waals surface area contributed by atoms with E-state index in [0.717, 1.165) is 18.7 Å². The second kappa shape index (κ2) is 6.23. The molecule has 1 radical (unpaired) electrons. The fourth-order valence-electron chi connectivity index (χ4n) is 2.99. The number of rotatable bonds is 4. The van der Waals surface area contributed by atoms with Crippen LogP contribution in [0.5, 0.6) is 0 Å². The molecule has 1 aliphatic heterocycles. The lowest BCUT2D eigenvalue weighted by Gasteiger charge is -2.30. The molecule has 0 saturated carbocycles. The van der Waals surface area contributed by atoms with E-state index in [1.54, 1.807) is 0 Å². The molecule has 2 heterocycles. The summed E-state index contributed by atoms with van der Waals surface area (Å²) in [4.78, 5) is 2.51. The molecule has 2 aromatic rings. The van der Waals surface area contributed by atoms with E-state index in [-0.39, 0.29) is 0 Å².